The lowest BCUT2D eigenvalue weighted by Crippen LogP contribution is -2.44. The zero-order valence-electron chi connectivity index (χ0n) is 9.34. The van der Waals surface area contributed by atoms with E-state index in [2.05, 4.69) is 25.7 Å². The van der Waals surface area contributed by atoms with Crippen LogP contribution in [-0.2, 0) is 0 Å². The van der Waals surface area contributed by atoms with Crippen LogP contribution in [0.15, 0.2) is 0 Å². The molecule has 0 bridgehead atoms. The molecule has 2 N–H and O–H groups in total. The Bertz CT molecular complexity index is 154. The second-order valence-corrected chi connectivity index (χ2v) is 4.93. The zero-order valence-corrected chi connectivity index (χ0v) is 9.34. The van der Waals surface area contributed by atoms with Gasteiger partial charge >= 0.3 is 0 Å². The average molecular weight is 184 g/mol. The molecule has 13 heavy (non-hydrogen) atoms. The summed E-state index contributed by atoms with van der Waals surface area (Å²) in [5.41, 5.74) is 6.13. The van der Waals surface area contributed by atoms with Crippen LogP contribution in [0.2, 0.25) is 0 Å². The van der Waals surface area contributed by atoms with Crippen LogP contribution >= 0.6 is 0 Å². The molecule has 0 aromatic carbocycles. The summed E-state index contributed by atoms with van der Waals surface area (Å²) < 4.78 is 0. The number of nitrogens with two attached hydrogens (primary N) is 1. The molecule has 0 amide bonds. The van der Waals surface area contributed by atoms with Crippen LogP contribution in [0.3, 0.4) is 0 Å². The maximum absolute atomic E-state index is 5.81. The quantitative estimate of drug-likeness (QED) is 0.723. The molecule has 0 radical (unpaired) electrons. The predicted octanol–water partition coefficient (Wildman–Crippen LogP) is 1.70. The smallest absolute Gasteiger partial charge is 0.00151 e. The number of likely N-dealkylation sites (tertiary alicyclic amines) is 1. The Morgan fingerprint density at radius 2 is 2.15 bits per heavy atom. The molecule has 1 saturated heterocycles. The molecular weight excluding hydrogens is 160 g/mol. The van der Waals surface area contributed by atoms with Crippen LogP contribution in [0.1, 0.15) is 33.6 Å². The largest absolute Gasteiger partial charge is 0.330 e. The molecule has 0 spiro atoms. The molecule has 1 fully saturated rings. The summed E-state index contributed by atoms with van der Waals surface area (Å²) in [4.78, 5) is 2.55. The minimum absolute atomic E-state index is 0.327. The maximum atomic E-state index is 5.81. The number of piperidine rings is 1. The Hall–Kier alpha value is -0.0800. The van der Waals surface area contributed by atoms with E-state index >= 15 is 0 Å². The van der Waals surface area contributed by atoms with Crippen LogP contribution in [0.5, 0.6) is 0 Å². The van der Waals surface area contributed by atoms with Crippen LogP contribution < -0.4 is 5.73 Å². The minimum Gasteiger partial charge on any atom is -0.330 e. The first-order valence-electron chi connectivity index (χ1n) is 5.52. The Morgan fingerprint density at radius 1 is 1.46 bits per heavy atom. The van der Waals surface area contributed by atoms with E-state index in [9.17, 15) is 0 Å². The van der Waals surface area contributed by atoms with Crippen molar-refractivity contribution in [3.05, 3.63) is 0 Å². The first-order chi connectivity index (χ1) is 6.10. The summed E-state index contributed by atoms with van der Waals surface area (Å²) >= 11 is 0. The van der Waals surface area contributed by atoms with Crippen molar-refractivity contribution in [2.24, 2.45) is 17.1 Å². The van der Waals surface area contributed by atoms with E-state index in [0.717, 1.165) is 12.5 Å². The van der Waals surface area contributed by atoms with Crippen molar-refractivity contribution in [3.63, 3.8) is 0 Å². The van der Waals surface area contributed by atoms with E-state index in [0.29, 0.717) is 5.41 Å². The third-order valence-electron chi connectivity index (χ3n) is 3.58. The Labute approximate surface area is 82.5 Å². The van der Waals surface area contributed by atoms with Gasteiger partial charge in [0.1, 0.15) is 0 Å². The fraction of sp³-hybridized carbons (Fsp3) is 1.00. The standard InChI is InChI=1S/C11H24N2/c1-4-13-7-5-6-10(8-13)11(2,3)9-12/h10H,4-9,12H2,1-3H3. The normalized spacial score (nSPS) is 26.3. The maximum Gasteiger partial charge on any atom is 0.00151 e. The second kappa shape index (κ2) is 4.43. The highest BCUT2D eigenvalue weighted by atomic mass is 15.1. The number of rotatable bonds is 3. The van der Waals surface area contributed by atoms with Crippen molar-refractivity contribution in [1.29, 1.82) is 0 Å². The van der Waals surface area contributed by atoms with Crippen molar-refractivity contribution in [2.75, 3.05) is 26.2 Å². The van der Waals surface area contributed by atoms with Gasteiger partial charge in [0.2, 0.25) is 0 Å². The molecule has 2 nitrogen and oxygen atoms in total. The van der Waals surface area contributed by atoms with Crippen LogP contribution in [0.25, 0.3) is 0 Å². The monoisotopic (exact) mass is 184 g/mol. The molecule has 0 saturated carbocycles. The van der Waals surface area contributed by atoms with Crippen molar-refractivity contribution in [1.82, 2.24) is 4.90 Å². The van der Waals surface area contributed by atoms with Gasteiger partial charge in [0.25, 0.3) is 0 Å². The van der Waals surface area contributed by atoms with Crippen LogP contribution in [0, 0.1) is 11.3 Å². The van der Waals surface area contributed by atoms with E-state index in [1.807, 2.05) is 0 Å². The number of hydrogen-bond acceptors (Lipinski definition) is 2. The number of hydrogen-bond donors (Lipinski definition) is 1. The van der Waals surface area contributed by atoms with Gasteiger partial charge in [0.05, 0.1) is 0 Å². The molecule has 1 aliphatic heterocycles. The van der Waals surface area contributed by atoms with Gasteiger partial charge in [0, 0.05) is 6.54 Å². The Balaban J connectivity index is 2.50. The van der Waals surface area contributed by atoms with E-state index in [-0.39, 0.29) is 0 Å². The molecule has 0 aromatic heterocycles. The lowest BCUT2D eigenvalue weighted by atomic mass is 9.74. The molecule has 1 unspecified atom stereocenters. The Kier molecular flexibility index (Phi) is 3.74. The van der Waals surface area contributed by atoms with E-state index in [1.54, 1.807) is 0 Å². The fourth-order valence-electron chi connectivity index (χ4n) is 2.15. The highest BCUT2D eigenvalue weighted by Crippen LogP contribution is 2.32. The highest BCUT2D eigenvalue weighted by molar-refractivity contribution is 4.84. The molecule has 0 aromatic rings. The van der Waals surface area contributed by atoms with Crippen molar-refractivity contribution in [2.45, 2.75) is 33.6 Å². The molecule has 1 aliphatic rings. The van der Waals surface area contributed by atoms with E-state index < -0.39 is 0 Å². The first kappa shape index (κ1) is 11.0. The Morgan fingerprint density at radius 3 is 2.69 bits per heavy atom. The number of nitrogens with zero attached hydrogens (tertiary/aromatic N) is 1. The first-order valence-corrected chi connectivity index (χ1v) is 5.52. The minimum atomic E-state index is 0.327. The summed E-state index contributed by atoms with van der Waals surface area (Å²) in [5.74, 6) is 0.797. The van der Waals surface area contributed by atoms with Gasteiger partial charge < -0.3 is 10.6 Å². The molecule has 1 rings (SSSR count). The zero-order chi connectivity index (χ0) is 9.90. The summed E-state index contributed by atoms with van der Waals surface area (Å²) in [6.07, 6.45) is 2.71. The molecule has 1 atom stereocenters. The third-order valence-corrected chi connectivity index (χ3v) is 3.58. The van der Waals surface area contributed by atoms with E-state index in [1.165, 1.54) is 32.5 Å². The molecular formula is C11H24N2. The molecule has 0 aliphatic carbocycles. The SMILES string of the molecule is CCN1CCCC(C(C)(C)CN)C1. The summed E-state index contributed by atoms with van der Waals surface area (Å²) in [7, 11) is 0. The molecule has 2 heteroatoms. The third kappa shape index (κ3) is 2.68. The van der Waals surface area contributed by atoms with Gasteiger partial charge in [-0.2, -0.15) is 0 Å². The van der Waals surface area contributed by atoms with Gasteiger partial charge in [-0.3, -0.25) is 0 Å². The van der Waals surface area contributed by atoms with Crippen LogP contribution in [-0.4, -0.2) is 31.1 Å². The lowest BCUT2D eigenvalue weighted by Gasteiger charge is -2.40. The predicted molar refractivity (Wildman–Crippen MR) is 57.7 cm³/mol. The van der Waals surface area contributed by atoms with Gasteiger partial charge in [-0.05, 0) is 43.8 Å². The fourth-order valence-corrected chi connectivity index (χ4v) is 2.15. The summed E-state index contributed by atoms with van der Waals surface area (Å²) in [6.45, 7) is 11.4. The lowest BCUT2D eigenvalue weighted by molar-refractivity contribution is 0.0966. The van der Waals surface area contributed by atoms with Gasteiger partial charge in [-0.1, -0.05) is 20.8 Å². The highest BCUT2D eigenvalue weighted by Gasteiger charge is 2.31. The van der Waals surface area contributed by atoms with Crippen molar-refractivity contribution < 1.29 is 0 Å². The average Bonchev–Trinajstić information content (AvgIpc) is 2.18. The van der Waals surface area contributed by atoms with E-state index in [4.69, 9.17) is 5.73 Å². The summed E-state index contributed by atoms with van der Waals surface area (Å²) in [5, 5.41) is 0. The topological polar surface area (TPSA) is 29.3 Å². The van der Waals surface area contributed by atoms with Gasteiger partial charge in [-0.25, -0.2) is 0 Å². The van der Waals surface area contributed by atoms with Gasteiger partial charge in [0.15, 0.2) is 0 Å². The van der Waals surface area contributed by atoms with Crippen molar-refractivity contribution in [3.8, 4) is 0 Å². The van der Waals surface area contributed by atoms with Gasteiger partial charge in [-0.15, -0.1) is 0 Å². The molecule has 1 heterocycles. The van der Waals surface area contributed by atoms with Crippen molar-refractivity contribution >= 4 is 0 Å². The summed E-state index contributed by atoms with van der Waals surface area (Å²) in [6, 6.07) is 0. The molecule has 78 valence electrons. The van der Waals surface area contributed by atoms with Crippen LogP contribution in [0.4, 0.5) is 0 Å². The second-order valence-electron chi connectivity index (χ2n) is 4.93.